The number of hydrogen-bond donors (Lipinski definition) is 0. The van der Waals surface area contributed by atoms with Crippen LogP contribution in [0.5, 0.6) is 0 Å². The van der Waals surface area contributed by atoms with Crippen molar-refractivity contribution in [1.82, 2.24) is 9.80 Å². The zero-order chi connectivity index (χ0) is 16.2. The molecule has 1 heterocycles. The highest BCUT2D eigenvalue weighted by molar-refractivity contribution is 5.98. The van der Waals surface area contributed by atoms with Gasteiger partial charge in [0.25, 0.3) is 0 Å². The van der Waals surface area contributed by atoms with Crippen LogP contribution in [-0.2, 0) is 14.3 Å². The molecule has 21 heavy (non-hydrogen) atoms. The van der Waals surface area contributed by atoms with E-state index in [0.717, 1.165) is 13.0 Å². The van der Waals surface area contributed by atoms with Gasteiger partial charge in [0.05, 0.1) is 6.61 Å². The van der Waals surface area contributed by atoms with Gasteiger partial charge in [-0.3, -0.25) is 9.59 Å². The molecule has 1 aliphatic rings. The maximum absolute atomic E-state index is 12.7. The van der Waals surface area contributed by atoms with Crippen LogP contribution in [0.15, 0.2) is 0 Å². The molecule has 0 aromatic heterocycles. The number of ether oxygens (including phenoxy) is 1. The molecule has 0 radical (unpaired) electrons. The summed E-state index contributed by atoms with van der Waals surface area (Å²) in [6.45, 7) is 9.52. The van der Waals surface area contributed by atoms with Gasteiger partial charge < -0.3 is 14.5 Å². The number of rotatable bonds is 5. The minimum absolute atomic E-state index is 0.138. The normalized spacial score (nSPS) is 21.1. The average molecular weight is 298 g/mol. The SMILES string of the molecule is CCOC(=O)C(C(=O)N(C)CC1CCCN1C)C(C)(C)C. The minimum Gasteiger partial charge on any atom is -0.465 e. The highest BCUT2D eigenvalue weighted by Crippen LogP contribution is 2.29. The molecule has 122 valence electrons. The van der Waals surface area contributed by atoms with Crippen molar-refractivity contribution < 1.29 is 14.3 Å². The highest BCUT2D eigenvalue weighted by atomic mass is 16.5. The topological polar surface area (TPSA) is 49.9 Å². The van der Waals surface area contributed by atoms with Crippen LogP contribution in [0.3, 0.4) is 0 Å². The molecule has 5 nitrogen and oxygen atoms in total. The van der Waals surface area contributed by atoms with E-state index >= 15 is 0 Å². The van der Waals surface area contributed by atoms with Gasteiger partial charge >= 0.3 is 5.97 Å². The summed E-state index contributed by atoms with van der Waals surface area (Å²) in [7, 11) is 3.87. The van der Waals surface area contributed by atoms with Crippen LogP contribution in [0.4, 0.5) is 0 Å². The standard InChI is InChI=1S/C16H30N2O3/c1-7-21-15(20)13(16(2,3)4)14(19)18(6)11-12-9-8-10-17(12)5/h12-13H,7-11H2,1-6H3. The van der Waals surface area contributed by atoms with E-state index in [0.29, 0.717) is 19.2 Å². The largest absolute Gasteiger partial charge is 0.465 e. The Kier molecular flexibility index (Phi) is 6.20. The van der Waals surface area contributed by atoms with Gasteiger partial charge in [-0.1, -0.05) is 20.8 Å². The van der Waals surface area contributed by atoms with Gasteiger partial charge in [-0.25, -0.2) is 0 Å². The lowest BCUT2D eigenvalue weighted by Gasteiger charge is -2.33. The number of carbonyl (C=O) groups excluding carboxylic acids is 2. The van der Waals surface area contributed by atoms with Crippen LogP contribution in [0.1, 0.15) is 40.5 Å². The second-order valence-electron chi connectivity index (χ2n) is 7.05. The monoisotopic (exact) mass is 298 g/mol. The number of nitrogens with zero attached hydrogens (tertiary/aromatic N) is 2. The van der Waals surface area contributed by atoms with Crippen molar-refractivity contribution >= 4 is 11.9 Å². The number of likely N-dealkylation sites (N-methyl/N-ethyl adjacent to an activating group) is 2. The maximum atomic E-state index is 12.7. The molecule has 1 amide bonds. The zero-order valence-corrected chi connectivity index (χ0v) is 14.3. The number of amides is 1. The van der Waals surface area contributed by atoms with Crippen molar-refractivity contribution in [3.8, 4) is 0 Å². The fraction of sp³-hybridized carbons (Fsp3) is 0.875. The molecule has 1 aliphatic heterocycles. The van der Waals surface area contributed by atoms with Gasteiger partial charge in [-0.2, -0.15) is 0 Å². The van der Waals surface area contributed by atoms with E-state index in [2.05, 4.69) is 11.9 Å². The third-order valence-electron chi connectivity index (χ3n) is 4.17. The van der Waals surface area contributed by atoms with Crippen molar-refractivity contribution in [2.75, 3.05) is 33.8 Å². The Balaban J connectivity index is 2.77. The van der Waals surface area contributed by atoms with Gasteiger partial charge in [-0.05, 0) is 38.8 Å². The minimum atomic E-state index is -0.742. The second-order valence-corrected chi connectivity index (χ2v) is 7.05. The lowest BCUT2D eigenvalue weighted by Crippen LogP contribution is -2.47. The fourth-order valence-corrected chi connectivity index (χ4v) is 2.89. The Morgan fingerprint density at radius 1 is 1.38 bits per heavy atom. The molecular formula is C16H30N2O3. The molecule has 1 saturated heterocycles. The first kappa shape index (κ1) is 18.0. The summed E-state index contributed by atoms with van der Waals surface area (Å²) >= 11 is 0. The third-order valence-corrected chi connectivity index (χ3v) is 4.17. The van der Waals surface area contributed by atoms with Crippen molar-refractivity contribution in [1.29, 1.82) is 0 Å². The molecule has 0 aliphatic carbocycles. The highest BCUT2D eigenvalue weighted by Gasteiger charge is 2.41. The number of carbonyl (C=O) groups is 2. The van der Waals surface area contributed by atoms with Gasteiger partial charge in [0.15, 0.2) is 0 Å². The Bertz CT molecular complexity index is 376. The Morgan fingerprint density at radius 3 is 2.43 bits per heavy atom. The summed E-state index contributed by atoms with van der Waals surface area (Å²) in [5.74, 6) is -1.29. The smallest absolute Gasteiger partial charge is 0.319 e. The summed E-state index contributed by atoms with van der Waals surface area (Å²) in [4.78, 5) is 28.8. The summed E-state index contributed by atoms with van der Waals surface area (Å²) in [5, 5.41) is 0. The van der Waals surface area contributed by atoms with Crippen molar-refractivity contribution in [2.45, 2.75) is 46.6 Å². The Labute approximate surface area is 128 Å². The summed E-state index contributed by atoms with van der Waals surface area (Å²) in [6.07, 6.45) is 2.28. The lowest BCUT2D eigenvalue weighted by molar-refractivity contribution is -0.160. The zero-order valence-electron chi connectivity index (χ0n) is 14.3. The van der Waals surface area contributed by atoms with Gasteiger partial charge in [-0.15, -0.1) is 0 Å². The van der Waals surface area contributed by atoms with Gasteiger partial charge in [0.2, 0.25) is 5.91 Å². The maximum Gasteiger partial charge on any atom is 0.319 e. The Morgan fingerprint density at radius 2 is 2.00 bits per heavy atom. The van der Waals surface area contributed by atoms with E-state index in [9.17, 15) is 9.59 Å². The van der Waals surface area contributed by atoms with Crippen molar-refractivity contribution in [3.05, 3.63) is 0 Å². The van der Waals surface area contributed by atoms with Gasteiger partial charge in [0.1, 0.15) is 5.92 Å². The number of likely N-dealkylation sites (tertiary alicyclic amines) is 1. The molecule has 0 aromatic rings. The molecule has 0 aromatic carbocycles. The molecule has 2 unspecified atom stereocenters. The van der Waals surface area contributed by atoms with Crippen LogP contribution in [0.2, 0.25) is 0 Å². The molecular weight excluding hydrogens is 268 g/mol. The van der Waals surface area contributed by atoms with Gasteiger partial charge in [0, 0.05) is 19.6 Å². The first-order chi connectivity index (χ1) is 9.68. The lowest BCUT2D eigenvalue weighted by atomic mass is 9.79. The first-order valence-electron chi connectivity index (χ1n) is 7.80. The van der Waals surface area contributed by atoms with E-state index < -0.39 is 17.3 Å². The number of esters is 1. The van der Waals surface area contributed by atoms with Crippen LogP contribution in [-0.4, -0.2) is 61.5 Å². The molecule has 0 N–H and O–H groups in total. The summed E-state index contributed by atoms with van der Waals surface area (Å²) in [6, 6.07) is 0.391. The van der Waals surface area contributed by atoms with Crippen molar-refractivity contribution in [3.63, 3.8) is 0 Å². The van der Waals surface area contributed by atoms with E-state index in [1.807, 2.05) is 20.8 Å². The first-order valence-corrected chi connectivity index (χ1v) is 7.80. The third kappa shape index (κ3) is 4.70. The van der Waals surface area contributed by atoms with Crippen LogP contribution in [0.25, 0.3) is 0 Å². The summed E-state index contributed by atoms with van der Waals surface area (Å²) < 4.78 is 5.10. The Hall–Kier alpha value is -1.10. The summed E-state index contributed by atoms with van der Waals surface area (Å²) in [5.41, 5.74) is -0.445. The average Bonchev–Trinajstić information content (AvgIpc) is 2.73. The molecule has 0 saturated carbocycles. The van der Waals surface area contributed by atoms with E-state index in [4.69, 9.17) is 4.74 Å². The van der Waals surface area contributed by atoms with E-state index in [1.54, 1.807) is 18.9 Å². The predicted molar refractivity (Wildman–Crippen MR) is 82.9 cm³/mol. The molecule has 2 atom stereocenters. The molecule has 5 heteroatoms. The van der Waals surface area contributed by atoms with Crippen LogP contribution >= 0.6 is 0 Å². The number of hydrogen-bond acceptors (Lipinski definition) is 4. The van der Waals surface area contributed by atoms with E-state index in [-0.39, 0.29) is 5.91 Å². The second kappa shape index (κ2) is 7.25. The predicted octanol–water partition coefficient (Wildman–Crippen LogP) is 1.76. The molecule has 0 spiro atoms. The van der Waals surface area contributed by atoms with Crippen molar-refractivity contribution in [2.24, 2.45) is 11.3 Å². The molecule has 0 bridgehead atoms. The van der Waals surface area contributed by atoms with Crippen LogP contribution < -0.4 is 0 Å². The fourth-order valence-electron chi connectivity index (χ4n) is 2.89. The quantitative estimate of drug-likeness (QED) is 0.573. The van der Waals surface area contributed by atoms with Crippen LogP contribution in [0, 0.1) is 11.3 Å². The molecule has 1 rings (SSSR count). The molecule has 1 fully saturated rings. The van der Waals surface area contributed by atoms with E-state index in [1.165, 1.54) is 6.42 Å².